The average Bonchev–Trinajstić information content (AvgIpc) is 3.06. The Morgan fingerprint density at radius 2 is 1.93 bits per heavy atom. The van der Waals surface area contributed by atoms with Gasteiger partial charge in [-0.1, -0.05) is 18.2 Å². The van der Waals surface area contributed by atoms with Crippen molar-refractivity contribution in [2.45, 2.75) is 13.3 Å². The molecule has 0 atom stereocenters. The Hall–Kier alpha value is -3.19. The van der Waals surface area contributed by atoms with Crippen molar-refractivity contribution in [3.8, 4) is 5.75 Å². The van der Waals surface area contributed by atoms with Crippen LogP contribution in [0.1, 0.15) is 21.1 Å². The van der Waals surface area contributed by atoms with Gasteiger partial charge in [-0.3, -0.25) is 9.59 Å². The van der Waals surface area contributed by atoms with Crippen LogP contribution in [0.2, 0.25) is 0 Å². The van der Waals surface area contributed by atoms with Crippen LogP contribution in [0.25, 0.3) is 0 Å². The van der Waals surface area contributed by atoms with E-state index in [9.17, 15) is 9.59 Å². The Morgan fingerprint density at radius 1 is 1.11 bits per heavy atom. The second-order valence-corrected chi connectivity index (χ2v) is 6.88. The topological polar surface area (TPSA) is 80.3 Å². The number of benzene rings is 2. The number of nitrogens with zero attached hydrogens (tertiary/aromatic N) is 1. The van der Waals surface area contributed by atoms with E-state index in [4.69, 9.17) is 4.74 Å². The van der Waals surface area contributed by atoms with E-state index in [0.717, 1.165) is 5.01 Å². The number of thiazole rings is 1. The zero-order chi connectivity index (χ0) is 19.2. The van der Waals surface area contributed by atoms with Crippen LogP contribution in [0.3, 0.4) is 0 Å². The molecule has 27 heavy (non-hydrogen) atoms. The number of methoxy groups -OCH3 is 1. The molecule has 2 amide bonds. The van der Waals surface area contributed by atoms with Gasteiger partial charge in [0.25, 0.3) is 5.91 Å². The molecule has 0 aliphatic carbocycles. The highest BCUT2D eigenvalue weighted by Crippen LogP contribution is 2.21. The highest BCUT2D eigenvalue weighted by Gasteiger charge is 2.14. The Morgan fingerprint density at radius 3 is 2.67 bits per heavy atom. The number of aryl methyl sites for hydroxylation is 1. The second kappa shape index (κ2) is 8.46. The first-order chi connectivity index (χ1) is 13.0. The van der Waals surface area contributed by atoms with Crippen molar-refractivity contribution >= 4 is 34.5 Å². The maximum atomic E-state index is 12.7. The number of hydrogen-bond donors (Lipinski definition) is 2. The Bertz CT molecular complexity index is 968. The number of hydrogen-bond acceptors (Lipinski definition) is 5. The average molecular weight is 381 g/mol. The molecule has 1 aromatic heterocycles. The predicted octanol–water partition coefficient (Wildman–Crippen LogP) is 3.89. The summed E-state index contributed by atoms with van der Waals surface area (Å²) in [6.07, 6.45) is 0.163. The fourth-order valence-corrected chi connectivity index (χ4v) is 3.15. The van der Waals surface area contributed by atoms with Gasteiger partial charge in [0.1, 0.15) is 5.75 Å². The van der Waals surface area contributed by atoms with E-state index in [0.29, 0.717) is 28.4 Å². The zero-order valence-corrected chi connectivity index (χ0v) is 15.8. The Labute approximate surface area is 161 Å². The quantitative estimate of drug-likeness (QED) is 0.679. The van der Waals surface area contributed by atoms with E-state index < -0.39 is 0 Å². The minimum absolute atomic E-state index is 0.163. The van der Waals surface area contributed by atoms with Gasteiger partial charge in [0.15, 0.2) is 0 Å². The molecule has 0 spiro atoms. The van der Waals surface area contributed by atoms with Crippen LogP contribution in [0.5, 0.6) is 5.75 Å². The van der Waals surface area contributed by atoms with Gasteiger partial charge in [-0.15, -0.1) is 11.3 Å². The van der Waals surface area contributed by atoms with Crippen LogP contribution >= 0.6 is 11.3 Å². The lowest BCUT2D eigenvalue weighted by molar-refractivity contribution is -0.115. The molecule has 0 saturated heterocycles. The number of amides is 2. The number of rotatable bonds is 6. The maximum Gasteiger partial charge on any atom is 0.257 e. The van der Waals surface area contributed by atoms with Crippen LogP contribution in [0.4, 0.5) is 11.4 Å². The SMILES string of the molecule is COc1cccc(NC(=O)c2ccccc2NC(=O)Cc2csc(C)n2)c1. The molecule has 1 heterocycles. The van der Waals surface area contributed by atoms with Crippen LogP contribution < -0.4 is 15.4 Å². The van der Waals surface area contributed by atoms with E-state index in [-0.39, 0.29) is 18.2 Å². The lowest BCUT2D eigenvalue weighted by Crippen LogP contribution is -2.19. The smallest absolute Gasteiger partial charge is 0.257 e. The number of nitrogens with one attached hydrogen (secondary N) is 2. The molecular formula is C20H19N3O3S. The van der Waals surface area contributed by atoms with Crippen molar-refractivity contribution in [2.24, 2.45) is 0 Å². The summed E-state index contributed by atoms with van der Waals surface area (Å²) in [5, 5.41) is 8.39. The third-order valence-corrected chi connectivity index (χ3v) is 4.60. The zero-order valence-electron chi connectivity index (χ0n) is 15.0. The fourth-order valence-electron chi connectivity index (χ4n) is 2.54. The van der Waals surface area contributed by atoms with Crippen molar-refractivity contribution in [1.29, 1.82) is 0 Å². The third-order valence-electron chi connectivity index (χ3n) is 3.78. The highest BCUT2D eigenvalue weighted by atomic mass is 32.1. The molecule has 7 heteroatoms. The van der Waals surface area contributed by atoms with Crippen LogP contribution in [-0.2, 0) is 11.2 Å². The first kappa shape index (κ1) is 18.6. The highest BCUT2D eigenvalue weighted by molar-refractivity contribution is 7.09. The van der Waals surface area contributed by atoms with E-state index >= 15 is 0 Å². The molecule has 3 aromatic rings. The molecule has 0 unspecified atom stereocenters. The maximum absolute atomic E-state index is 12.7. The van der Waals surface area contributed by atoms with Gasteiger partial charge in [0.2, 0.25) is 5.91 Å². The van der Waals surface area contributed by atoms with Gasteiger partial charge >= 0.3 is 0 Å². The number of para-hydroxylation sites is 1. The number of anilines is 2. The molecule has 0 bridgehead atoms. The summed E-state index contributed by atoms with van der Waals surface area (Å²) in [5.41, 5.74) is 2.16. The molecular weight excluding hydrogens is 362 g/mol. The third kappa shape index (κ3) is 4.92. The van der Waals surface area contributed by atoms with Crippen LogP contribution in [0.15, 0.2) is 53.9 Å². The molecule has 0 fully saturated rings. The summed E-state index contributed by atoms with van der Waals surface area (Å²) in [4.78, 5) is 29.3. The van der Waals surface area contributed by atoms with Gasteiger partial charge in [-0.25, -0.2) is 4.98 Å². The molecule has 3 rings (SSSR count). The van der Waals surface area contributed by atoms with Gasteiger partial charge in [0, 0.05) is 17.1 Å². The first-order valence-corrected chi connectivity index (χ1v) is 9.18. The van der Waals surface area contributed by atoms with Crippen molar-refractivity contribution in [2.75, 3.05) is 17.7 Å². The molecule has 138 valence electrons. The first-order valence-electron chi connectivity index (χ1n) is 8.30. The number of ether oxygens (including phenoxy) is 1. The molecule has 0 aliphatic heterocycles. The standard InChI is InChI=1S/C20H19N3O3S/c1-13-21-15(12-27-13)11-19(24)23-18-9-4-3-8-17(18)20(25)22-14-6-5-7-16(10-14)26-2/h3-10,12H,11H2,1-2H3,(H,22,25)(H,23,24). The fraction of sp³-hybridized carbons (Fsp3) is 0.150. The van der Waals surface area contributed by atoms with Gasteiger partial charge in [0.05, 0.1) is 35.5 Å². The van der Waals surface area contributed by atoms with E-state index in [2.05, 4.69) is 15.6 Å². The van der Waals surface area contributed by atoms with Crippen LogP contribution in [-0.4, -0.2) is 23.9 Å². The summed E-state index contributed by atoms with van der Waals surface area (Å²) in [5.74, 6) is 0.110. The summed E-state index contributed by atoms with van der Waals surface area (Å²) >= 11 is 1.50. The number of aromatic nitrogens is 1. The van der Waals surface area contributed by atoms with Crippen molar-refractivity contribution < 1.29 is 14.3 Å². The molecule has 2 aromatic carbocycles. The summed E-state index contributed by atoms with van der Waals surface area (Å²) in [6.45, 7) is 1.89. The van der Waals surface area contributed by atoms with Crippen molar-refractivity contribution in [3.05, 3.63) is 70.2 Å². The van der Waals surface area contributed by atoms with Gasteiger partial charge in [-0.2, -0.15) is 0 Å². The summed E-state index contributed by atoms with van der Waals surface area (Å²) < 4.78 is 5.16. The Balaban J connectivity index is 1.72. The largest absolute Gasteiger partial charge is 0.497 e. The van der Waals surface area contributed by atoms with Gasteiger partial charge < -0.3 is 15.4 Å². The summed E-state index contributed by atoms with van der Waals surface area (Å²) in [7, 11) is 1.57. The molecule has 0 radical (unpaired) electrons. The van der Waals surface area contributed by atoms with E-state index in [1.54, 1.807) is 55.6 Å². The van der Waals surface area contributed by atoms with Crippen LogP contribution in [0, 0.1) is 6.92 Å². The molecule has 0 aliphatic rings. The number of carbonyl (C=O) groups is 2. The monoisotopic (exact) mass is 381 g/mol. The van der Waals surface area contributed by atoms with E-state index in [1.165, 1.54) is 11.3 Å². The second-order valence-electron chi connectivity index (χ2n) is 5.81. The minimum Gasteiger partial charge on any atom is -0.497 e. The lowest BCUT2D eigenvalue weighted by atomic mass is 10.1. The number of carbonyl (C=O) groups excluding carboxylic acids is 2. The minimum atomic E-state index is -0.316. The normalized spacial score (nSPS) is 10.3. The lowest BCUT2D eigenvalue weighted by Gasteiger charge is -2.12. The van der Waals surface area contributed by atoms with Gasteiger partial charge in [-0.05, 0) is 31.2 Å². The van der Waals surface area contributed by atoms with Crippen molar-refractivity contribution in [3.63, 3.8) is 0 Å². The summed E-state index contributed by atoms with van der Waals surface area (Å²) in [6, 6.07) is 14.0. The predicted molar refractivity (Wildman–Crippen MR) is 107 cm³/mol. The Kier molecular flexibility index (Phi) is 5.83. The molecule has 2 N–H and O–H groups in total. The van der Waals surface area contributed by atoms with Crippen molar-refractivity contribution in [1.82, 2.24) is 4.98 Å². The molecule has 6 nitrogen and oxygen atoms in total. The van der Waals surface area contributed by atoms with E-state index in [1.807, 2.05) is 12.3 Å². The molecule has 0 saturated carbocycles.